The Bertz CT molecular complexity index is 78.1. The molecule has 0 N–H and O–H groups in total. The molecule has 0 unspecified atom stereocenters. The minimum Gasteiger partial charge on any atom is -0.482 e. The van der Waals surface area contributed by atoms with Crippen molar-refractivity contribution in [3.8, 4) is 0 Å². The van der Waals surface area contributed by atoms with Crippen molar-refractivity contribution in [1.29, 1.82) is 0 Å². The van der Waals surface area contributed by atoms with Gasteiger partial charge in [-0.05, 0) is 0 Å². The Morgan fingerprint density at radius 1 is 1.88 bits per heavy atom. The van der Waals surface area contributed by atoms with E-state index >= 15 is 0 Å². The largest absolute Gasteiger partial charge is 0.482 e. The number of hydrogen-bond acceptors (Lipinski definition) is 3. The van der Waals surface area contributed by atoms with Gasteiger partial charge in [-0.25, -0.2) is 0 Å². The third-order valence-electron chi connectivity index (χ3n) is 0.487. The second-order valence-corrected chi connectivity index (χ2v) is 1.20. The minimum atomic E-state index is 0.444. The molecule has 0 aromatic carbocycles. The molecular formula is C4H7NO2S. The summed E-state index contributed by atoms with van der Waals surface area (Å²) >= 11 is 3.11. The molecule has 46 valence electrons. The van der Waals surface area contributed by atoms with Gasteiger partial charge >= 0.3 is 0 Å². The fourth-order valence-electron chi connectivity index (χ4n) is 0.264. The molecule has 8 heavy (non-hydrogen) atoms. The molecule has 0 aromatic heterocycles. The molecule has 4 heteroatoms. The number of aliphatic imine (C=N–C) groups is 1. The van der Waals surface area contributed by atoms with Crippen LogP contribution in [-0.2, 0) is 9.53 Å². The highest BCUT2D eigenvalue weighted by Gasteiger charge is 1.84. The van der Waals surface area contributed by atoms with Gasteiger partial charge in [0.1, 0.15) is 6.61 Å². The number of hydrogen-bond donors (Lipinski definition) is 1. The molecule has 0 spiro atoms. The summed E-state index contributed by atoms with van der Waals surface area (Å²) in [5.74, 6) is 0. The fourth-order valence-corrected chi connectivity index (χ4v) is 0.264. The van der Waals surface area contributed by atoms with Crippen LogP contribution >= 0.6 is 12.6 Å². The molecule has 1 heterocycles. The Morgan fingerprint density at radius 3 is 2.62 bits per heavy atom. The molecule has 3 nitrogen and oxygen atoms in total. The van der Waals surface area contributed by atoms with Crippen LogP contribution in [0.4, 0.5) is 0 Å². The van der Waals surface area contributed by atoms with Crippen molar-refractivity contribution in [3.63, 3.8) is 0 Å². The van der Waals surface area contributed by atoms with E-state index in [1.807, 2.05) is 0 Å². The third-order valence-corrected chi connectivity index (χ3v) is 0.487. The van der Waals surface area contributed by atoms with Gasteiger partial charge in [0, 0.05) is 0 Å². The SMILES string of the molecule is C1=NCCO1.O=CS. The maximum Gasteiger partial charge on any atom is 0.173 e. The van der Waals surface area contributed by atoms with Gasteiger partial charge in [-0.2, -0.15) is 0 Å². The number of nitrogens with zero attached hydrogens (tertiary/aromatic N) is 1. The van der Waals surface area contributed by atoms with E-state index in [9.17, 15) is 0 Å². The third kappa shape index (κ3) is 5.49. The van der Waals surface area contributed by atoms with Crippen LogP contribution < -0.4 is 0 Å². The quantitative estimate of drug-likeness (QED) is 0.377. The van der Waals surface area contributed by atoms with Crippen molar-refractivity contribution >= 4 is 24.6 Å². The van der Waals surface area contributed by atoms with Gasteiger partial charge in [-0.15, -0.1) is 12.6 Å². The van der Waals surface area contributed by atoms with Gasteiger partial charge in [-0.1, -0.05) is 0 Å². The lowest BCUT2D eigenvalue weighted by atomic mass is 10.8. The summed E-state index contributed by atoms with van der Waals surface area (Å²) in [6.45, 7) is 1.62. The summed E-state index contributed by atoms with van der Waals surface area (Å²) in [5, 5.41) is 0. The zero-order valence-corrected chi connectivity index (χ0v) is 5.17. The van der Waals surface area contributed by atoms with Crippen molar-refractivity contribution in [1.82, 2.24) is 0 Å². The molecule has 0 radical (unpaired) electrons. The summed E-state index contributed by atoms with van der Waals surface area (Å²) < 4.78 is 4.65. The lowest BCUT2D eigenvalue weighted by Gasteiger charge is -1.76. The molecule has 1 aliphatic heterocycles. The molecular weight excluding hydrogens is 126 g/mol. The van der Waals surface area contributed by atoms with E-state index in [4.69, 9.17) is 4.79 Å². The van der Waals surface area contributed by atoms with E-state index in [1.165, 1.54) is 6.40 Å². The van der Waals surface area contributed by atoms with Crippen LogP contribution in [0.5, 0.6) is 0 Å². The van der Waals surface area contributed by atoms with Crippen LogP contribution in [0.2, 0.25) is 0 Å². The lowest BCUT2D eigenvalue weighted by Crippen LogP contribution is -1.80. The Kier molecular flexibility index (Phi) is 6.08. The highest BCUT2D eigenvalue weighted by Crippen LogP contribution is 1.78. The summed E-state index contributed by atoms with van der Waals surface area (Å²) in [4.78, 5) is 12.4. The Morgan fingerprint density at radius 2 is 2.50 bits per heavy atom. The normalized spacial score (nSPS) is 13.6. The van der Waals surface area contributed by atoms with Crippen LogP contribution in [0.1, 0.15) is 0 Å². The Labute approximate surface area is 53.2 Å². The van der Waals surface area contributed by atoms with Crippen LogP contribution in [0.3, 0.4) is 0 Å². The first kappa shape index (κ1) is 7.49. The first-order valence-corrected chi connectivity index (χ1v) is 2.61. The Balaban J connectivity index is 0.000000145. The summed E-state index contributed by atoms with van der Waals surface area (Å²) in [6, 6.07) is 0. The number of ether oxygens (including phenoxy) is 1. The van der Waals surface area contributed by atoms with Crippen molar-refractivity contribution in [3.05, 3.63) is 0 Å². The van der Waals surface area contributed by atoms with Gasteiger partial charge in [-0.3, -0.25) is 9.79 Å². The highest BCUT2D eigenvalue weighted by molar-refractivity contribution is 7.94. The second-order valence-electron chi connectivity index (χ2n) is 0.988. The number of rotatable bonds is 0. The molecule has 1 rings (SSSR count). The lowest BCUT2D eigenvalue weighted by molar-refractivity contribution is 0.361. The first-order chi connectivity index (χ1) is 3.91. The highest BCUT2D eigenvalue weighted by atomic mass is 32.1. The van der Waals surface area contributed by atoms with Gasteiger partial charge < -0.3 is 4.74 Å². The molecule has 0 aromatic rings. The van der Waals surface area contributed by atoms with Gasteiger partial charge in [0.15, 0.2) is 12.0 Å². The number of carbonyl (C=O) groups excluding carboxylic acids is 1. The maximum atomic E-state index is 8.67. The smallest absolute Gasteiger partial charge is 0.173 e. The number of thiol groups is 1. The molecule has 0 saturated heterocycles. The maximum absolute atomic E-state index is 8.67. The average Bonchev–Trinajstić information content (AvgIpc) is 2.17. The minimum absolute atomic E-state index is 0.444. The van der Waals surface area contributed by atoms with Gasteiger partial charge in [0.25, 0.3) is 0 Å². The first-order valence-electron chi connectivity index (χ1n) is 2.09. The molecule has 0 fully saturated rings. The van der Waals surface area contributed by atoms with E-state index in [0.29, 0.717) is 5.62 Å². The van der Waals surface area contributed by atoms with Crippen molar-refractivity contribution in [2.24, 2.45) is 4.99 Å². The summed E-state index contributed by atoms with van der Waals surface area (Å²) in [5.41, 5.74) is 0.444. The van der Waals surface area contributed by atoms with E-state index in [0.717, 1.165) is 13.2 Å². The van der Waals surface area contributed by atoms with Gasteiger partial charge in [0.2, 0.25) is 0 Å². The van der Waals surface area contributed by atoms with Crippen LogP contribution in [-0.4, -0.2) is 25.2 Å². The number of carbonyl (C=O) groups is 1. The van der Waals surface area contributed by atoms with Crippen molar-refractivity contribution < 1.29 is 9.53 Å². The topological polar surface area (TPSA) is 38.7 Å². The standard InChI is InChI=1S/C3H5NO.CH2OS/c1-2-5-3-4-1;2-1-3/h3H,1-2H2;1H,(H,2,3). The van der Waals surface area contributed by atoms with Crippen LogP contribution in [0.25, 0.3) is 0 Å². The molecule has 0 bridgehead atoms. The van der Waals surface area contributed by atoms with Gasteiger partial charge in [0.05, 0.1) is 6.54 Å². The molecule has 0 atom stereocenters. The monoisotopic (exact) mass is 133 g/mol. The van der Waals surface area contributed by atoms with Crippen molar-refractivity contribution in [2.45, 2.75) is 0 Å². The summed E-state index contributed by atoms with van der Waals surface area (Å²) in [7, 11) is 0. The fraction of sp³-hybridized carbons (Fsp3) is 0.500. The zero-order chi connectivity index (χ0) is 6.24. The Hall–Kier alpha value is -0.510. The molecule has 0 amide bonds. The molecule has 0 saturated carbocycles. The summed E-state index contributed by atoms with van der Waals surface area (Å²) in [6.07, 6.45) is 1.49. The predicted octanol–water partition coefficient (Wildman–Crippen LogP) is 0.151. The van der Waals surface area contributed by atoms with Crippen LogP contribution in [0.15, 0.2) is 4.99 Å². The average molecular weight is 133 g/mol. The van der Waals surface area contributed by atoms with E-state index in [1.54, 1.807) is 0 Å². The van der Waals surface area contributed by atoms with E-state index in [2.05, 4.69) is 22.4 Å². The van der Waals surface area contributed by atoms with Crippen molar-refractivity contribution in [2.75, 3.05) is 13.2 Å². The van der Waals surface area contributed by atoms with Crippen LogP contribution in [0, 0.1) is 0 Å². The zero-order valence-electron chi connectivity index (χ0n) is 4.28. The predicted molar refractivity (Wildman–Crippen MR) is 35.0 cm³/mol. The van der Waals surface area contributed by atoms with E-state index in [-0.39, 0.29) is 0 Å². The second kappa shape index (κ2) is 6.49. The molecule has 1 aliphatic rings. The molecule has 0 aliphatic carbocycles. The van der Waals surface area contributed by atoms with E-state index < -0.39 is 0 Å².